The van der Waals surface area contributed by atoms with Crippen LogP contribution >= 0.6 is 0 Å². The largest absolute Gasteiger partial charge is 0.364 e. The molecule has 1 N–H and O–H groups in total. The number of hydrogen-bond acceptors (Lipinski definition) is 3. The van der Waals surface area contributed by atoms with Gasteiger partial charge >= 0.3 is 0 Å². The van der Waals surface area contributed by atoms with Crippen molar-refractivity contribution in [1.82, 2.24) is 10.1 Å². The summed E-state index contributed by atoms with van der Waals surface area (Å²) in [5.74, 6) is 0.0271. The summed E-state index contributed by atoms with van der Waals surface area (Å²) in [6.07, 6.45) is 1.50. The van der Waals surface area contributed by atoms with Crippen molar-refractivity contribution in [2.45, 2.75) is 13.1 Å². The van der Waals surface area contributed by atoms with Crippen molar-refractivity contribution in [3.05, 3.63) is 53.2 Å². The average Bonchev–Trinajstić information content (AvgIpc) is 2.91. The number of nitrogens with one attached hydrogen (secondary N) is 1. The minimum atomic E-state index is -0.309. The quantitative estimate of drug-likeness (QED) is 0.861. The summed E-state index contributed by atoms with van der Waals surface area (Å²) in [6, 6.07) is 6.31. The first-order valence-electron chi connectivity index (χ1n) is 5.25. The van der Waals surface area contributed by atoms with Gasteiger partial charge in [-0.1, -0.05) is 11.2 Å². The molecule has 4 nitrogen and oxygen atoms in total. The number of hydrogen-bond donors (Lipinski definition) is 1. The van der Waals surface area contributed by atoms with Crippen LogP contribution in [-0.4, -0.2) is 15.9 Å². The maximum atomic E-state index is 13.1. The molecule has 0 unspecified atom stereocenters. The molecule has 86 valence electrons. The van der Waals surface area contributed by atoms with Gasteiger partial charge in [-0.15, -0.1) is 0 Å². The van der Waals surface area contributed by atoms with Crippen molar-refractivity contribution in [3.63, 3.8) is 0 Å². The molecule has 2 aromatic rings. The molecule has 0 spiro atoms. The Balaban J connectivity index is 1.86. The highest BCUT2D eigenvalue weighted by molar-refractivity contribution is 6.00. The van der Waals surface area contributed by atoms with Crippen LogP contribution in [0.4, 0.5) is 4.39 Å². The van der Waals surface area contributed by atoms with E-state index < -0.39 is 0 Å². The first kappa shape index (κ1) is 10.0. The van der Waals surface area contributed by atoms with Crippen molar-refractivity contribution in [2.24, 2.45) is 0 Å². The minimum absolute atomic E-state index is 0.309. The summed E-state index contributed by atoms with van der Waals surface area (Å²) in [5, 5.41) is 11.8. The van der Waals surface area contributed by atoms with Crippen LogP contribution in [0.3, 0.4) is 0 Å². The lowest BCUT2D eigenvalue weighted by Gasteiger charge is -2.15. The van der Waals surface area contributed by atoms with Crippen LogP contribution in [0.5, 0.6) is 0 Å². The summed E-state index contributed by atoms with van der Waals surface area (Å²) in [5.41, 5.74) is 2.40. The molecule has 17 heavy (non-hydrogen) atoms. The molecule has 1 aromatic heterocycles. The summed E-state index contributed by atoms with van der Waals surface area (Å²) < 4.78 is 17.8. The Kier molecular flexibility index (Phi) is 2.18. The number of halogens is 1. The van der Waals surface area contributed by atoms with Gasteiger partial charge in [0.25, 0.3) is 0 Å². The van der Waals surface area contributed by atoms with Crippen molar-refractivity contribution in [3.8, 4) is 0 Å². The van der Waals surface area contributed by atoms with Crippen molar-refractivity contribution in [2.75, 3.05) is 0 Å². The highest BCUT2D eigenvalue weighted by atomic mass is 19.1. The van der Waals surface area contributed by atoms with E-state index in [1.54, 1.807) is 12.1 Å². The van der Waals surface area contributed by atoms with Crippen LogP contribution in [0, 0.1) is 11.2 Å². The van der Waals surface area contributed by atoms with Crippen LogP contribution in [0.25, 0.3) is 0 Å². The van der Waals surface area contributed by atoms with E-state index in [1.165, 1.54) is 18.4 Å². The molecular weight excluding hydrogens is 221 g/mol. The molecule has 0 saturated heterocycles. The molecule has 3 rings (SSSR count). The van der Waals surface area contributed by atoms with Crippen molar-refractivity contribution < 1.29 is 8.91 Å². The molecular formula is C12H10FN3O. The molecule has 1 aliphatic rings. The number of fused-ring (bicyclic) bond motifs is 1. The van der Waals surface area contributed by atoms with Crippen LogP contribution in [0.2, 0.25) is 0 Å². The van der Waals surface area contributed by atoms with Gasteiger partial charge in [0.05, 0.1) is 6.54 Å². The average molecular weight is 231 g/mol. The second-order valence-electron chi connectivity index (χ2n) is 4.00. The number of rotatable bonds is 2. The van der Waals surface area contributed by atoms with E-state index in [2.05, 4.69) is 5.16 Å². The smallest absolute Gasteiger partial charge is 0.129 e. The SMILES string of the molecule is N=C1c2cc(F)ccc2CN1Cc1ccon1. The first-order valence-corrected chi connectivity index (χ1v) is 5.25. The maximum Gasteiger partial charge on any atom is 0.129 e. The lowest BCUT2D eigenvalue weighted by atomic mass is 10.1. The molecule has 0 aliphatic carbocycles. The van der Waals surface area contributed by atoms with Crippen LogP contribution < -0.4 is 0 Å². The zero-order valence-electron chi connectivity index (χ0n) is 8.98. The highest BCUT2D eigenvalue weighted by Crippen LogP contribution is 2.24. The third kappa shape index (κ3) is 1.69. The lowest BCUT2D eigenvalue weighted by molar-refractivity contribution is 0.374. The standard InChI is InChI=1S/C12H10FN3O/c13-9-2-1-8-6-16(12(14)11(8)5-9)7-10-3-4-17-15-10/h1-5,14H,6-7H2. The van der Waals surface area contributed by atoms with Crippen LogP contribution in [-0.2, 0) is 13.1 Å². The van der Waals surface area contributed by atoms with Gasteiger partial charge in [-0.05, 0) is 17.7 Å². The lowest BCUT2D eigenvalue weighted by Crippen LogP contribution is -2.23. The van der Waals surface area contributed by atoms with E-state index in [9.17, 15) is 4.39 Å². The van der Waals surface area contributed by atoms with Gasteiger partial charge in [0.15, 0.2) is 0 Å². The van der Waals surface area contributed by atoms with Gasteiger partial charge in [-0.3, -0.25) is 5.41 Å². The Morgan fingerprint density at radius 3 is 3.06 bits per heavy atom. The predicted molar refractivity (Wildman–Crippen MR) is 59.0 cm³/mol. The van der Waals surface area contributed by atoms with E-state index in [0.29, 0.717) is 24.5 Å². The summed E-state index contributed by atoms with van der Waals surface area (Å²) >= 11 is 0. The third-order valence-corrected chi connectivity index (χ3v) is 2.85. The molecule has 5 heteroatoms. The van der Waals surface area contributed by atoms with E-state index in [-0.39, 0.29) is 5.82 Å². The van der Waals surface area contributed by atoms with E-state index in [1.807, 2.05) is 4.90 Å². The fourth-order valence-corrected chi connectivity index (χ4v) is 2.01. The molecule has 0 radical (unpaired) electrons. The highest BCUT2D eigenvalue weighted by Gasteiger charge is 2.24. The Hall–Kier alpha value is -2.17. The van der Waals surface area contributed by atoms with E-state index >= 15 is 0 Å². The van der Waals surface area contributed by atoms with Crippen molar-refractivity contribution >= 4 is 5.84 Å². The van der Waals surface area contributed by atoms with Gasteiger partial charge < -0.3 is 9.42 Å². The van der Waals surface area contributed by atoms with Gasteiger partial charge in [-0.2, -0.15) is 0 Å². The number of benzene rings is 1. The van der Waals surface area contributed by atoms with Gasteiger partial charge in [0.2, 0.25) is 0 Å². The Labute approximate surface area is 97.2 Å². The fraction of sp³-hybridized carbons (Fsp3) is 0.167. The monoisotopic (exact) mass is 231 g/mol. The van der Waals surface area contributed by atoms with Gasteiger partial charge in [-0.25, -0.2) is 4.39 Å². The summed E-state index contributed by atoms with van der Waals surface area (Å²) in [6.45, 7) is 1.12. The molecule has 2 heterocycles. The molecule has 0 atom stereocenters. The number of aromatic nitrogens is 1. The zero-order chi connectivity index (χ0) is 11.8. The fourth-order valence-electron chi connectivity index (χ4n) is 2.01. The molecule has 0 bridgehead atoms. The Morgan fingerprint density at radius 1 is 1.41 bits per heavy atom. The normalized spacial score (nSPS) is 14.2. The molecule has 0 amide bonds. The molecule has 1 aliphatic heterocycles. The minimum Gasteiger partial charge on any atom is -0.364 e. The second-order valence-corrected chi connectivity index (χ2v) is 4.00. The Bertz CT molecular complexity index is 565. The number of nitrogens with zero attached hydrogens (tertiary/aromatic N) is 2. The summed E-state index contributed by atoms with van der Waals surface area (Å²) in [4.78, 5) is 1.84. The summed E-state index contributed by atoms with van der Waals surface area (Å²) in [7, 11) is 0. The van der Waals surface area contributed by atoms with Crippen LogP contribution in [0.15, 0.2) is 35.1 Å². The molecule has 1 aromatic carbocycles. The molecule has 0 saturated carbocycles. The van der Waals surface area contributed by atoms with Crippen molar-refractivity contribution in [1.29, 1.82) is 5.41 Å². The zero-order valence-corrected chi connectivity index (χ0v) is 8.98. The maximum absolute atomic E-state index is 13.1. The first-order chi connectivity index (χ1) is 8.24. The van der Waals surface area contributed by atoms with Gasteiger partial charge in [0, 0.05) is 18.2 Å². The van der Waals surface area contributed by atoms with Gasteiger partial charge in [0.1, 0.15) is 23.6 Å². The second kappa shape index (κ2) is 3.69. The third-order valence-electron chi connectivity index (χ3n) is 2.85. The van der Waals surface area contributed by atoms with E-state index in [0.717, 1.165) is 11.3 Å². The predicted octanol–water partition coefficient (Wildman–Crippen LogP) is 2.15. The molecule has 0 fully saturated rings. The van der Waals surface area contributed by atoms with Crippen LogP contribution in [0.1, 0.15) is 16.8 Å². The topological polar surface area (TPSA) is 53.1 Å². The Morgan fingerprint density at radius 2 is 2.29 bits per heavy atom. The number of amidine groups is 1. The van der Waals surface area contributed by atoms with E-state index in [4.69, 9.17) is 9.93 Å².